The van der Waals surface area contributed by atoms with Gasteiger partial charge in [0.05, 0.1) is 13.2 Å². The number of esters is 1. The summed E-state index contributed by atoms with van der Waals surface area (Å²) in [6, 6.07) is -0.532. The van der Waals surface area contributed by atoms with Crippen LogP contribution in [0.1, 0.15) is 13.3 Å². The van der Waals surface area contributed by atoms with Gasteiger partial charge in [0.15, 0.2) is 0 Å². The molecule has 0 aromatic carbocycles. The summed E-state index contributed by atoms with van der Waals surface area (Å²) in [5.41, 5.74) is 5.30. The Labute approximate surface area is 65.7 Å². The van der Waals surface area contributed by atoms with E-state index in [-0.39, 0.29) is 12.1 Å². The molecule has 1 fully saturated rings. The van der Waals surface area contributed by atoms with Gasteiger partial charge in [-0.3, -0.25) is 4.79 Å². The maximum atomic E-state index is 10.9. The van der Waals surface area contributed by atoms with Crippen LogP contribution in [0.2, 0.25) is 0 Å². The van der Waals surface area contributed by atoms with Crippen molar-refractivity contribution in [2.75, 3.05) is 13.2 Å². The maximum absolute atomic E-state index is 10.9. The quantitative estimate of drug-likeness (QED) is 0.560. The van der Waals surface area contributed by atoms with Crippen molar-refractivity contribution in [2.45, 2.75) is 25.5 Å². The third kappa shape index (κ3) is 2.48. The first-order valence-electron chi connectivity index (χ1n) is 3.74. The molecule has 4 nitrogen and oxygen atoms in total. The van der Waals surface area contributed by atoms with Gasteiger partial charge in [0.1, 0.15) is 12.1 Å². The van der Waals surface area contributed by atoms with Crippen molar-refractivity contribution >= 4 is 5.97 Å². The van der Waals surface area contributed by atoms with Gasteiger partial charge in [0, 0.05) is 6.42 Å². The number of nitrogens with two attached hydrogens (primary N) is 1. The maximum Gasteiger partial charge on any atom is 0.322 e. The highest BCUT2D eigenvalue weighted by atomic mass is 16.6. The molecule has 1 saturated heterocycles. The zero-order valence-corrected chi connectivity index (χ0v) is 6.58. The minimum Gasteiger partial charge on any atom is -0.459 e. The van der Waals surface area contributed by atoms with Crippen LogP contribution < -0.4 is 5.73 Å². The van der Waals surface area contributed by atoms with Gasteiger partial charge >= 0.3 is 5.97 Å². The largest absolute Gasteiger partial charge is 0.459 e. The van der Waals surface area contributed by atoms with Gasteiger partial charge in [-0.15, -0.1) is 0 Å². The summed E-state index contributed by atoms with van der Waals surface area (Å²) in [5, 5.41) is 0. The second kappa shape index (κ2) is 3.69. The Morgan fingerprint density at radius 3 is 3.00 bits per heavy atom. The highest BCUT2D eigenvalue weighted by Gasteiger charge is 2.21. The van der Waals surface area contributed by atoms with E-state index in [1.807, 2.05) is 0 Å². The van der Waals surface area contributed by atoms with Crippen molar-refractivity contribution in [3.63, 3.8) is 0 Å². The number of carbonyl (C=O) groups is 1. The molecule has 1 aliphatic heterocycles. The van der Waals surface area contributed by atoms with Crippen LogP contribution in [0.15, 0.2) is 0 Å². The van der Waals surface area contributed by atoms with Crippen LogP contribution >= 0.6 is 0 Å². The molecule has 0 amide bonds. The first kappa shape index (κ1) is 8.49. The minimum absolute atomic E-state index is 0.0755. The highest BCUT2D eigenvalue weighted by molar-refractivity contribution is 5.75. The lowest BCUT2D eigenvalue weighted by atomic mass is 10.3. The van der Waals surface area contributed by atoms with Crippen molar-refractivity contribution in [1.29, 1.82) is 0 Å². The van der Waals surface area contributed by atoms with Crippen LogP contribution in [0.5, 0.6) is 0 Å². The normalized spacial score (nSPS) is 26.5. The molecule has 0 spiro atoms. The predicted molar refractivity (Wildman–Crippen MR) is 39.0 cm³/mol. The summed E-state index contributed by atoms with van der Waals surface area (Å²) in [4.78, 5) is 10.9. The van der Waals surface area contributed by atoms with Crippen molar-refractivity contribution in [2.24, 2.45) is 5.73 Å². The molecule has 0 saturated carbocycles. The van der Waals surface area contributed by atoms with Crippen LogP contribution in [0.4, 0.5) is 0 Å². The Morgan fingerprint density at radius 1 is 1.82 bits per heavy atom. The molecule has 1 heterocycles. The number of hydrogen-bond acceptors (Lipinski definition) is 4. The Morgan fingerprint density at radius 2 is 2.55 bits per heavy atom. The summed E-state index contributed by atoms with van der Waals surface area (Å²) in [6.45, 7) is 2.80. The zero-order valence-electron chi connectivity index (χ0n) is 6.58. The topological polar surface area (TPSA) is 61.6 Å². The Kier molecular flexibility index (Phi) is 2.84. The minimum atomic E-state index is -0.532. The third-order valence-electron chi connectivity index (χ3n) is 1.54. The molecule has 2 N–H and O–H groups in total. The fraction of sp³-hybridized carbons (Fsp3) is 0.857. The lowest BCUT2D eigenvalue weighted by Crippen LogP contribution is -2.32. The zero-order chi connectivity index (χ0) is 8.27. The Hall–Kier alpha value is -0.610. The van der Waals surface area contributed by atoms with Crippen LogP contribution in [0, 0.1) is 0 Å². The van der Waals surface area contributed by atoms with Crippen molar-refractivity contribution in [3.8, 4) is 0 Å². The van der Waals surface area contributed by atoms with Crippen molar-refractivity contribution < 1.29 is 14.3 Å². The summed E-state index contributed by atoms with van der Waals surface area (Å²) in [5.74, 6) is -0.347. The van der Waals surface area contributed by atoms with Crippen LogP contribution in [0.3, 0.4) is 0 Å². The van der Waals surface area contributed by atoms with Gasteiger partial charge in [-0.25, -0.2) is 0 Å². The predicted octanol–water partition coefficient (Wildman–Crippen LogP) is -0.334. The average molecular weight is 159 g/mol. The molecule has 1 aliphatic rings. The smallest absolute Gasteiger partial charge is 0.322 e. The number of hydrogen-bond donors (Lipinski definition) is 1. The third-order valence-corrected chi connectivity index (χ3v) is 1.54. The Balaban J connectivity index is 2.24. The molecule has 0 aromatic rings. The van der Waals surface area contributed by atoms with Gasteiger partial charge in [-0.05, 0) is 6.92 Å². The van der Waals surface area contributed by atoms with E-state index in [4.69, 9.17) is 15.2 Å². The van der Waals surface area contributed by atoms with Gasteiger partial charge < -0.3 is 15.2 Å². The SMILES string of the molecule is C[C@H](N)C(=O)OC1CCOC1. The summed E-state index contributed by atoms with van der Waals surface area (Å²) in [7, 11) is 0. The standard InChI is InChI=1S/C7H13NO3/c1-5(8)7(9)11-6-2-3-10-4-6/h5-6H,2-4,8H2,1H3/t5-,6?/m0/s1. The first-order valence-corrected chi connectivity index (χ1v) is 3.74. The van der Waals surface area contributed by atoms with Crippen LogP contribution in [-0.4, -0.2) is 31.3 Å². The van der Waals surface area contributed by atoms with Gasteiger partial charge in [0.2, 0.25) is 0 Å². The van der Waals surface area contributed by atoms with E-state index in [0.29, 0.717) is 13.2 Å². The molecule has 64 valence electrons. The molecule has 0 aromatic heterocycles. The molecule has 2 atom stereocenters. The molecule has 11 heavy (non-hydrogen) atoms. The fourth-order valence-corrected chi connectivity index (χ4v) is 0.877. The van der Waals surface area contributed by atoms with E-state index in [1.165, 1.54) is 0 Å². The summed E-state index contributed by atoms with van der Waals surface area (Å²) < 4.78 is 10.0. The van der Waals surface area contributed by atoms with Gasteiger partial charge in [-0.1, -0.05) is 0 Å². The highest BCUT2D eigenvalue weighted by Crippen LogP contribution is 2.08. The average Bonchev–Trinajstić information content (AvgIpc) is 2.39. The monoisotopic (exact) mass is 159 g/mol. The van der Waals surface area contributed by atoms with Gasteiger partial charge in [0.25, 0.3) is 0 Å². The molecular weight excluding hydrogens is 146 g/mol. The number of ether oxygens (including phenoxy) is 2. The van der Waals surface area contributed by atoms with Crippen molar-refractivity contribution in [1.82, 2.24) is 0 Å². The van der Waals surface area contributed by atoms with E-state index in [9.17, 15) is 4.79 Å². The molecular formula is C7H13NO3. The van der Waals surface area contributed by atoms with Crippen LogP contribution in [0.25, 0.3) is 0 Å². The lowest BCUT2D eigenvalue weighted by molar-refractivity contribution is -0.150. The van der Waals surface area contributed by atoms with Gasteiger partial charge in [-0.2, -0.15) is 0 Å². The second-order valence-electron chi connectivity index (χ2n) is 2.71. The van der Waals surface area contributed by atoms with E-state index in [2.05, 4.69) is 0 Å². The summed E-state index contributed by atoms with van der Waals surface area (Å²) >= 11 is 0. The Bertz CT molecular complexity index is 141. The molecule has 1 rings (SSSR count). The molecule has 0 bridgehead atoms. The molecule has 0 aliphatic carbocycles. The van der Waals surface area contributed by atoms with E-state index in [0.717, 1.165) is 6.42 Å². The fourth-order valence-electron chi connectivity index (χ4n) is 0.877. The molecule has 4 heteroatoms. The van der Waals surface area contributed by atoms with E-state index < -0.39 is 6.04 Å². The molecule has 1 unspecified atom stereocenters. The van der Waals surface area contributed by atoms with Crippen LogP contribution in [-0.2, 0) is 14.3 Å². The summed E-state index contributed by atoms with van der Waals surface area (Å²) in [6.07, 6.45) is 0.715. The van der Waals surface area contributed by atoms with E-state index >= 15 is 0 Å². The lowest BCUT2D eigenvalue weighted by Gasteiger charge is -2.11. The van der Waals surface area contributed by atoms with E-state index in [1.54, 1.807) is 6.92 Å². The second-order valence-corrected chi connectivity index (χ2v) is 2.71. The number of carbonyl (C=O) groups excluding carboxylic acids is 1. The number of rotatable bonds is 2. The first-order chi connectivity index (χ1) is 5.20. The van der Waals surface area contributed by atoms with Crippen molar-refractivity contribution in [3.05, 3.63) is 0 Å². The molecule has 0 radical (unpaired) electrons.